The summed E-state index contributed by atoms with van der Waals surface area (Å²) in [7, 11) is 0. The molecule has 0 aliphatic carbocycles. The maximum absolute atomic E-state index is 13.3. The Balaban J connectivity index is 3.09. The molecule has 0 unspecified atom stereocenters. The van der Waals surface area contributed by atoms with Gasteiger partial charge in [0.2, 0.25) is 0 Å². The molecule has 0 atom stereocenters. The van der Waals surface area contributed by atoms with Crippen LogP contribution in [0.2, 0.25) is 10.0 Å². The van der Waals surface area contributed by atoms with Gasteiger partial charge in [0, 0.05) is 6.54 Å². The van der Waals surface area contributed by atoms with Gasteiger partial charge in [0.05, 0.1) is 21.7 Å². The molecule has 0 aromatic heterocycles. The van der Waals surface area contributed by atoms with E-state index in [9.17, 15) is 9.18 Å². The quantitative estimate of drug-likeness (QED) is 0.629. The molecular formula is C12H11Cl2FN2O. The predicted octanol–water partition coefficient (Wildman–Crippen LogP) is 3.51. The third-order valence-corrected chi connectivity index (χ3v) is 2.89. The number of hydrogen-bond acceptors (Lipinski definition) is 2. The van der Waals surface area contributed by atoms with Crippen molar-refractivity contribution in [2.75, 3.05) is 13.1 Å². The second-order valence-corrected chi connectivity index (χ2v) is 4.45. The lowest BCUT2D eigenvalue weighted by Gasteiger charge is -2.19. The predicted molar refractivity (Wildman–Crippen MR) is 68.2 cm³/mol. The number of amides is 1. The number of carbonyl (C=O) groups excluding carboxylic acids is 1. The molecule has 0 saturated carbocycles. The number of rotatable bonds is 4. The highest BCUT2D eigenvalue weighted by Crippen LogP contribution is 2.25. The first-order chi connectivity index (χ1) is 8.51. The topological polar surface area (TPSA) is 44.1 Å². The number of halogens is 3. The molecule has 18 heavy (non-hydrogen) atoms. The number of nitrogens with zero attached hydrogens (tertiary/aromatic N) is 2. The summed E-state index contributed by atoms with van der Waals surface area (Å²) in [5.41, 5.74) is 0.0160. The van der Waals surface area contributed by atoms with E-state index in [1.54, 1.807) is 0 Å². The van der Waals surface area contributed by atoms with Crippen molar-refractivity contribution in [2.24, 2.45) is 0 Å². The first kappa shape index (κ1) is 14.7. The molecule has 0 saturated heterocycles. The Hall–Kier alpha value is -1.31. The summed E-state index contributed by atoms with van der Waals surface area (Å²) >= 11 is 11.4. The summed E-state index contributed by atoms with van der Waals surface area (Å²) in [5, 5.41) is 8.59. The summed E-state index contributed by atoms with van der Waals surface area (Å²) < 4.78 is 13.3. The van der Waals surface area contributed by atoms with Gasteiger partial charge in [0.15, 0.2) is 0 Å². The zero-order chi connectivity index (χ0) is 13.7. The average Bonchev–Trinajstić information content (AvgIpc) is 2.33. The van der Waals surface area contributed by atoms with Crippen LogP contribution >= 0.6 is 23.2 Å². The van der Waals surface area contributed by atoms with Gasteiger partial charge in [-0.3, -0.25) is 4.79 Å². The Morgan fingerprint density at radius 3 is 2.67 bits per heavy atom. The lowest BCUT2D eigenvalue weighted by Crippen LogP contribution is -2.32. The van der Waals surface area contributed by atoms with Crippen molar-refractivity contribution >= 4 is 29.1 Å². The van der Waals surface area contributed by atoms with Crippen LogP contribution in [0.15, 0.2) is 12.1 Å². The van der Waals surface area contributed by atoms with E-state index in [0.29, 0.717) is 13.0 Å². The number of benzene rings is 1. The fourth-order valence-electron chi connectivity index (χ4n) is 1.46. The number of hydrogen-bond donors (Lipinski definition) is 0. The normalized spacial score (nSPS) is 9.94. The molecule has 0 spiro atoms. The molecule has 1 aromatic rings. The van der Waals surface area contributed by atoms with Gasteiger partial charge in [-0.1, -0.05) is 30.1 Å². The minimum absolute atomic E-state index is 0.0160. The van der Waals surface area contributed by atoms with Gasteiger partial charge in [-0.2, -0.15) is 5.26 Å². The molecule has 0 radical (unpaired) electrons. The van der Waals surface area contributed by atoms with Crippen LogP contribution in [0.1, 0.15) is 23.7 Å². The fourth-order valence-corrected chi connectivity index (χ4v) is 1.93. The van der Waals surface area contributed by atoms with E-state index in [4.69, 9.17) is 28.5 Å². The second-order valence-electron chi connectivity index (χ2n) is 3.63. The summed E-state index contributed by atoms with van der Waals surface area (Å²) in [5.74, 6) is -1.18. The lowest BCUT2D eigenvalue weighted by molar-refractivity contribution is 0.0776. The van der Waals surface area contributed by atoms with Crippen molar-refractivity contribution in [2.45, 2.75) is 13.3 Å². The number of nitriles is 1. The molecule has 1 rings (SSSR count). The molecule has 0 N–H and O–H groups in total. The molecular weight excluding hydrogens is 278 g/mol. The summed E-state index contributed by atoms with van der Waals surface area (Å²) in [6, 6.07) is 4.07. The Bertz CT molecular complexity index is 500. The highest BCUT2D eigenvalue weighted by molar-refractivity contribution is 6.36. The van der Waals surface area contributed by atoms with Crippen LogP contribution in [0.4, 0.5) is 4.39 Å². The van der Waals surface area contributed by atoms with E-state index in [0.717, 1.165) is 6.07 Å². The standard InChI is InChI=1S/C12H11Cl2FN2O/c1-2-4-17(5-3-16)12(18)8-6-11(15)10(14)7-9(8)13/h6-7H,2,4-5H2,1H3. The smallest absolute Gasteiger partial charge is 0.256 e. The van der Waals surface area contributed by atoms with Gasteiger partial charge in [-0.15, -0.1) is 0 Å². The summed E-state index contributed by atoms with van der Waals surface area (Å²) in [6.07, 6.45) is 0.696. The third-order valence-electron chi connectivity index (χ3n) is 2.28. The van der Waals surface area contributed by atoms with Crippen LogP contribution in [0.25, 0.3) is 0 Å². The zero-order valence-corrected chi connectivity index (χ0v) is 11.2. The van der Waals surface area contributed by atoms with Gasteiger partial charge >= 0.3 is 0 Å². The molecule has 96 valence electrons. The average molecular weight is 289 g/mol. The molecule has 0 fully saturated rings. The minimum atomic E-state index is -0.710. The molecule has 6 heteroatoms. The fraction of sp³-hybridized carbons (Fsp3) is 0.333. The SMILES string of the molecule is CCCN(CC#N)C(=O)c1cc(F)c(Cl)cc1Cl. The summed E-state index contributed by atoms with van der Waals surface area (Å²) in [6.45, 7) is 2.22. The van der Waals surface area contributed by atoms with E-state index in [1.807, 2.05) is 13.0 Å². The summed E-state index contributed by atoms with van der Waals surface area (Å²) in [4.78, 5) is 13.4. The van der Waals surface area contributed by atoms with Crippen LogP contribution in [0.5, 0.6) is 0 Å². The van der Waals surface area contributed by atoms with Crippen molar-refractivity contribution in [1.29, 1.82) is 5.26 Å². The minimum Gasteiger partial charge on any atom is -0.325 e. The Morgan fingerprint density at radius 1 is 1.44 bits per heavy atom. The second kappa shape index (κ2) is 6.58. The largest absolute Gasteiger partial charge is 0.325 e. The van der Waals surface area contributed by atoms with Crippen molar-refractivity contribution in [3.63, 3.8) is 0 Å². The van der Waals surface area contributed by atoms with Gasteiger partial charge < -0.3 is 4.90 Å². The highest BCUT2D eigenvalue weighted by Gasteiger charge is 2.19. The molecule has 0 heterocycles. The van der Waals surface area contributed by atoms with E-state index in [-0.39, 0.29) is 22.2 Å². The van der Waals surface area contributed by atoms with Crippen molar-refractivity contribution in [1.82, 2.24) is 4.90 Å². The molecule has 1 aromatic carbocycles. The number of carbonyl (C=O) groups is 1. The molecule has 3 nitrogen and oxygen atoms in total. The highest BCUT2D eigenvalue weighted by atomic mass is 35.5. The van der Waals surface area contributed by atoms with E-state index in [1.165, 1.54) is 11.0 Å². The third kappa shape index (κ3) is 3.34. The van der Waals surface area contributed by atoms with E-state index < -0.39 is 11.7 Å². The van der Waals surface area contributed by atoms with Crippen molar-refractivity contribution < 1.29 is 9.18 Å². The van der Waals surface area contributed by atoms with Gasteiger partial charge in [-0.05, 0) is 18.6 Å². The Labute approximate surface area is 115 Å². The van der Waals surface area contributed by atoms with Crippen LogP contribution in [0.3, 0.4) is 0 Å². The van der Waals surface area contributed by atoms with Crippen molar-refractivity contribution in [3.05, 3.63) is 33.6 Å². The molecule has 0 bridgehead atoms. The van der Waals surface area contributed by atoms with Crippen LogP contribution in [0, 0.1) is 17.1 Å². The zero-order valence-electron chi connectivity index (χ0n) is 9.71. The van der Waals surface area contributed by atoms with Crippen LogP contribution < -0.4 is 0 Å². The maximum Gasteiger partial charge on any atom is 0.256 e. The Morgan fingerprint density at radius 2 is 2.11 bits per heavy atom. The molecule has 1 amide bonds. The lowest BCUT2D eigenvalue weighted by atomic mass is 10.2. The van der Waals surface area contributed by atoms with Crippen molar-refractivity contribution in [3.8, 4) is 6.07 Å². The maximum atomic E-state index is 13.3. The van der Waals surface area contributed by atoms with E-state index in [2.05, 4.69) is 0 Å². The molecule has 0 aliphatic heterocycles. The van der Waals surface area contributed by atoms with Gasteiger partial charge in [-0.25, -0.2) is 4.39 Å². The van der Waals surface area contributed by atoms with Crippen LogP contribution in [-0.2, 0) is 0 Å². The first-order valence-corrected chi connectivity index (χ1v) is 6.07. The van der Waals surface area contributed by atoms with Gasteiger partial charge in [0.1, 0.15) is 12.4 Å². The van der Waals surface area contributed by atoms with Gasteiger partial charge in [0.25, 0.3) is 5.91 Å². The van der Waals surface area contributed by atoms with Crippen LogP contribution in [-0.4, -0.2) is 23.9 Å². The van der Waals surface area contributed by atoms with E-state index >= 15 is 0 Å². The first-order valence-electron chi connectivity index (χ1n) is 5.32. The molecule has 0 aliphatic rings. The monoisotopic (exact) mass is 288 g/mol. The Kier molecular flexibility index (Phi) is 5.39.